The van der Waals surface area contributed by atoms with Crippen LogP contribution in [-0.4, -0.2) is 37.3 Å². The molecule has 0 radical (unpaired) electrons. The lowest BCUT2D eigenvalue weighted by atomic mass is 9.86. The smallest absolute Gasteiger partial charge is 0.406 e. The predicted octanol–water partition coefficient (Wildman–Crippen LogP) is 5.02. The summed E-state index contributed by atoms with van der Waals surface area (Å²) < 4.78 is 83.2. The molecule has 0 saturated carbocycles. The number of likely N-dealkylation sites (N-methyl/N-ethyl adjacent to an activating group) is 1. The van der Waals surface area contributed by atoms with E-state index in [9.17, 15) is 26.3 Å². The van der Waals surface area contributed by atoms with Gasteiger partial charge in [-0.15, -0.1) is 26.3 Å². The van der Waals surface area contributed by atoms with E-state index in [1.54, 1.807) is 19.2 Å². The number of hydrogen-bond acceptors (Lipinski definition) is 4. The highest BCUT2D eigenvalue weighted by Crippen LogP contribution is 2.41. The molecule has 3 rings (SSSR count). The molecule has 1 fully saturated rings. The van der Waals surface area contributed by atoms with Crippen LogP contribution in [0.4, 0.5) is 26.3 Å². The average Bonchev–Trinajstić information content (AvgIpc) is 2.62. The summed E-state index contributed by atoms with van der Waals surface area (Å²) in [6, 6.07) is 11.3. The second-order valence-corrected chi connectivity index (χ2v) is 6.91. The van der Waals surface area contributed by atoms with Gasteiger partial charge in [-0.3, -0.25) is 4.90 Å². The highest BCUT2D eigenvalue weighted by atomic mass is 19.4. The number of para-hydroxylation sites is 1. The van der Waals surface area contributed by atoms with E-state index >= 15 is 0 Å². The maximum absolute atomic E-state index is 12.7. The summed E-state index contributed by atoms with van der Waals surface area (Å²) in [5.74, 6) is -0.597. The summed E-state index contributed by atoms with van der Waals surface area (Å²) in [6.45, 7) is 0.818. The van der Waals surface area contributed by atoms with Crippen LogP contribution in [0, 0.1) is 0 Å². The standard InChI is InChI=1S/C20H20F6N2O2/c1-27-11-15-10-17(13-6-8-16(9-7-13)29-19(21,22)23)28(15)12-14-4-2-3-5-18(14)30-20(24,25)26/h2-9,15,17,27H,10-12H2,1H3/t15-,17+/m0/s1. The van der Waals surface area contributed by atoms with E-state index in [0.29, 0.717) is 18.5 Å². The zero-order valence-corrected chi connectivity index (χ0v) is 15.9. The second-order valence-electron chi connectivity index (χ2n) is 6.91. The van der Waals surface area contributed by atoms with Gasteiger partial charge in [0.05, 0.1) is 0 Å². The van der Waals surface area contributed by atoms with Crippen molar-refractivity contribution >= 4 is 0 Å². The lowest BCUT2D eigenvalue weighted by molar-refractivity contribution is -0.275. The summed E-state index contributed by atoms with van der Waals surface area (Å²) in [5.41, 5.74) is 1.13. The van der Waals surface area contributed by atoms with Crippen molar-refractivity contribution in [1.82, 2.24) is 10.2 Å². The van der Waals surface area contributed by atoms with Gasteiger partial charge < -0.3 is 14.8 Å². The molecule has 2 aromatic rings. The third-order valence-corrected chi connectivity index (χ3v) is 4.85. The van der Waals surface area contributed by atoms with Crippen LogP contribution in [0.2, 0.25) is 0 Å². The van der Waals surface area contributed by atoms with E-state index in [1.165, 1.54) is 36.4 Å². The van der Waals surface area contributed by atoms with Crippen LogP contribution in [0.15, 0.2) is 48.5 Å². The summed E-state index contributed by atoms with van der Waals surface area (Å²) in [5, 5.41) is 3.05. The number of nitrogens with zero attached hydrogens (tertiary/aromatic N) is 1. The topological polar surface area (TPSA) is 33.7 Å². The Morgan fingerprint density at radius 3 is 2.17 bits per heavy atom. The van der Waals surface area contributed by atoms with Gasteiger partial charge in [-0.25, -0.2) is 0 Å². The van der Waals surface area contributed by atoms with Crippen molar-refractivity contribution in [1.29, 1.82) is 0 Å². The largest absolute Gasteiger partial charge is 0.573 e. The first kappa shape index (κ1) is 22.2. The van der Waals surface area contributed by atoms with Crippen LogP contribution in [0.25, 0.3) is 0 Å². The van der Waals surface area contributed by atoms with Crippen LogP contribution < -0.4 is 14.8 Å². The number of likely N-dealkylation sites (tertiary alicyclic amines) is 1. The molecule has 164 valence electrons. The Morgan fingerprint density at radius 2 is 1.57 bits per heavy atom. The third kappa shape index (κ3) is 5.79. The number of halogens is 6. The summed E-state index contributed by atoms with van der Waals surface area (Å²) in [7, 11) is 1.77. The van der Waals surface area contributed by atoms with Gasteiger partial charge in [0.2, 0.25) is 0 Å². The number of alkyl halides is 6. The molecule has 0 unspecified atom stereocenters. The van der Waals surface area contributed by atoms with Crippen molar-refractivity contribution in [2.45, 2.75) is 37.8 Å². The molecule has 0 spiro atoms. The highest BCUT2D eigenvalue weighted by molar-refractivity contribution is 5.35. The van der Waals surface area contributed by atoms with Crippen molar-refractivity contribution in [3.05, 3.63) is 59.7 Å². The Morgan fingerprint density at radius 1 is 0.933 bits per heavy atom. The number of rotatable bonds is 7. The Kier molecular flexibility index (Phi) is 6.47. The van der Waals surface area contributed by atoms with E-state index < -0.39 is 12.7 Å². The quantitative estimate of drug-likeness (QED) is 0.621. The van der Waals surface area contributed by atoms with Gasteiger partial charge in [0.25, 0.3) is 0 Å². The Labute approximate surface area is 169 Å². The first-order valence-corrected chi connectivity index (χ1v) is 9.15. The maximum atomic E-state index is 12.7. The van der Waals surface area contributed by atoms with Crippen LogP contribution >= 0.6 is 0 Å². The number of nitrogens with one attached hydrogen (secondary N) is 1. The van der Waals surface area contributed by atoms with Crippen molar-refractivity contribution in [2.75, 3.05) is 13.6 Å². The molecule has 1 aliphatic heterocycles. The minimum atomic E-state index is -4.80. The average molecular weight is 434 g/mol. The molecule has 1 N–H and O–H groups in total. The van der Waals surface area contributed by atoms with E-state index in [4.69, 9.17) is 0 Å². The fraction of sp³-hybridized carbons (Fsp3) is 0.400. The highest BCUT2D eigenvalue weighted by Gasteiger charge is 2.40. The molecule has 0 aromatic heterocycles. The number of ether oxygens (including phenoxy) is 2. The second kappa shape index (κ2) is 8.73. The molecule has 2 atom stereocenters. The Balaban J connectivity index is 1.78. The molecule has 1 saturated heterocycles. The summed E-state index contributed by atoms with van der Waals surface area (Å²) >= 11 is 0. The molecule has 2 aromatic carbocycles. The van der Waals surface area contributed by atoms with Crippen molar-refractivity contribution in [2.24, 2.45) is 0 Å². The molecule has 1 aliphatic rings. The van der Waals surface area contributed by atoms with E-state index in [-0.39, 0.29) is 30.1 Å². The molecule has 0 bridgehead atoms. The van der Waals surface area contributed by atoms with Crippen LogP contribution in [0.3, 0.4) is 0 Å². The Hall–Kier alpha value is -2.46. The molecular weight excluding hydrogens is 414 g/mol. The number of benzene rings is 2. The summed E-state index contributed by atoms with van der Waals surface area (Å²) in [6.07, 6.45) is -8.87. The van der Waals surface area contributed by atoms with E-state index in [2.05, 4.69) is 14.8 Å². The first-order chi connectivity index (χ1) is 14.1. The zero-order valence-electron chi connectivity index (χ0n) is 15.9. The van der Waals surface area contributed by atoms with Gasteiger partial charge in [0.15, 0.2) is 0 Å². The normalized spacial score (nSPS) is 20.0. The van der Waals surface area contributed by atoms with E-state index in [1.807, 2.05) is 4.90 Å². The molecule has 0 amide bonds. The van der Waals surface area contributed by atoms with E-state index in [0.717, 1.165) is 5.56 Å². The lowest BCUT2D eigenvalue weighted by Crippen LogP contribution is -2.53. The van der Waals surface area contributed by atoms with Crippen LogP contribution in [0.5, 0.6) is 11.5 Å². The van der Waals surface area contributed by atoms with Crippen molar-refractivity contribution in [3.63, 3.8) is 0 Å². The molecule has 0 aliphatic carbocycles. The number of hydrogen-bond donors (Lipinski definition) is 1. The van der Waals surface area contributed by atoms with Gasteiger partial charge in [0, 0.05) is 30.7 Å². The van der Waals surface area contributed by atoms with Crippen LogP contribution in [0.1, 0.15) is 23.6 Å². The van der Waals surface area contributed by atoms with Gasteiger partial charge in [-0.2, -0.15) is 0 Å². The van der Waals surface area contributed by atoms with Crippen molar-refractivity contribution < 1.29 is 35.8 Å². The predicted molar refractivity (Wildman–Crippen MR) is 96.9 cm³/mol. The van der Waals surface area contributed by atoms with Gasteiger partial charge in [0.1, 0.15) is 11.5 Å². The van der Waals surface area contributed by atoms with Gasteiger partial charge in [-0.05, 0) is 37.2 Å². The van der Waals surface area contributed by atoms with Gasteiger partial charge >= 0.3 is 12.7 Å². The fourth-order valence-electron chi connectivity index (χ4n) is 3.60. The third-order valence-electron chi connectivity index (χ3n) is 4.85. The molecular formula is C20H20F6N2O2. The molecule has 1 heterocycles. The van der Waals surface area contributed by atoms with Crippen LogP contribution in [-0.2, 0) is 6.54 Å². The molecule has 10 heteroatoms. The van der Waals surface area contributed by atoms with Crippen molar-refractivity contribution in [3.8, 4) is 11.5 Å². The maximum Gasteiger partial charge on any atom is 0.573 e. The fourth-order valence-corrected chi connectivity index (χ4v) is 3.60. The molecule has 30 heavy (non-hydrogen) atoms. The molecule has 4 nitrogen and oxygen atoms in total. The first-order valence-electron chi connectivity index (χ1n) is 9.15. The summed E-state index contributed by atoms with van der Waals surface area (Å²) in [4.78, 5) is 1.99. The zero-order chi connectivity index (χ0) is 21.9. The van der Waals surface area contributed by atoms with Gasteiger partial charge in [-0.1, -0.05) is 30.3 Å². The lowest BCUT2D eigenvalue weighted by Gasteiger charge is -2.49. The SMILES string of the molecule is CNC[C@@H]1C[C@H](c2ccc(OC(F)(F)F)cc2)N1Cc1ccccc1OC(F)(F)F. The Bertz CT molecular complexity index is 838. The minimum Gasteiger partial charge on any atom is -0.406 e. The minimum absolute atomic E-state index is 0.0602. The monoisotopic (exact) mass is 434 g/mol.